The monoisotopic (exact) mass is 294 g/mol. The Labute approximate surface area is 121 Å². The molecule has 0 unspecified atom stereocenters. The summed E-state index contributed by atoms with van der Waals surface area (Å²) in [5, 5.41) is 14.0. The van der Waals surface area contributed by atoms with Crippen molar-refractivity contribution in [1.29, 1.82) is 0 Å². The summed E-state index contributed by atoms with van der Waals surface area (Å²) in [5.74, 6) is 0.996. The number of anilines is 1. The maximum absolute atomic E-state index is 9.52. The molecule has 0 spiro atoms. The quantitative estimate of drug-likeness (QED) is 0.912. The van der Waals surface area contributed by atoms with Crippen molar-refractivity contribution in [3.63, 3.8) is 0 Å². The van der Waals surface area contributed by atoms with E-state index in [1.807, 2.05) is 0 Å². The van der Waals surface area contributed by atoms with Gasteiger partial charge in [-0.2, -0.15) is 4.98 Å². The average molecular weight is 295 g/mol. The first kappa shape index (κ1) is 13.2. The third-order valence-electron chi connectivity index (χ3n) is 3.38. The number of nitrogens with zero attached hydrogens (tertiary/aromatic N) is 4. The molecule has 2 heterocycles. The van der Waals surface area contributed by atoms with Gasteiger partial charge < -0.3 is 19.4 Å². The number of piperazine rings is 1. The predicted octanol–water partition coefficient (Wildman–Crippen LogP) is 1.85. The number of halogens is 1. The van der Waals surface area contributed by atoms with Crippen LogP contribution in [0.4, 0.5) is 5.95 Å². The second-order valence-electron chi connectivity index (χ2n) is 4.85. The fraction of sp³-hybridized carbons (Fsp3) is 0.385. The molecule has 20 heavy (non-hydrogen) atoms. The number of hydrogen-bond donors (Lipinski definition) is 1. The number of rotatable bonds is 2. The first-order valence-electron chi connectivity index (χ1n) is 6.39. The molecular formula is C13H15ClN4O2. The van der Waals surface area contributed by atoms with Gasteiger partial charge in [0.1, 0.15) is 5.75 Å². The molecule has 0 saturated carbocycles. The van der Waals surface area contributed by atoms with E-state index in [0.29, 0.717) is 22.4 Å². The maximum atomic E-state index is 9.52. The van der Waals surface area contributed by atoms with Crippen LogP contribution in [-0.2, 0) is 0 Å². The summed E-state index contributed by atoms with van der Waals surface area (Å²) < 4.78 is 5.25. The molecule has 2 aromatic rings. The van der Waals surface area contributed by atoms with Crippen molar-refractivity contribution in [3.05, 3.63) is 23.2 Å². The molecule has 0 aliphatic carbocycles. The Hall–Kier alpha value is -1.79. The summed E-state index contributed by atoms with van der Waals surface area (Å²) in [6.07, 6.45) is 0. The molecule has 1 aliphatic rings. The topological polar surface area (TPSA) is 65.6 Å². The van der Waals surface area contributed by atoms with E-state index in [0.717, 1.165) is 26.2 Å². The third-order valence-corrected chi connectivity index (χ3v) is 3.71. The standard InChI is InChI=1S/C13H15ClN4O2/c1-17-4-6-18(7-5-17)13-15-12(20-16-13)10-8-9(19)2-3-11(10)14/h2-3,8,19H,4-7H2,1H3. The SMILES string of the molecule is CN1CCN(c2noc(-c3cc(O)ccc3Cl)n2)CC1. The van der Waals surface area contributed by atoms with Gasteiger partial charge in [-0.15, -0.1) is 0 Å². The molecule has 3 rings (SSSR count). The Morgan fingerprint density at radius 3 is 2.75 bits per heavy atom. The summed E-state index contributed by atoms with van der Waals surface area (Å²) in [5.41, 5.74) is 0.541. The maximum Gasteiger partial charge on any atom is 0.266 e. The minimum Gasteiger partial charge on any atom is -0.508 e. The van der Waals surface area contributed by atoms with Crippen LogP contribution in [0.3, 0.4) is 0 Å². The van der Waals surface area contributed by atoms with Gasteiger partial charge in [0, 0.05) is 26.2 Å². The van der Waals surface area contributed by atoms with Crippen LogP contribution in [0.1, 0.15) is 0 Å². The van der Waals surface area contributed by atoms with E-state index in [4.69, 9.17) is 16.1 Å². The second-order valence-corrected chi connectivity index (χ2v) is 5.26. The molecule has 0 atom stereocenters. The van der Waals surface area contributed by atoms with Crippen molar-refractivity contribution in [2.45, 2.75) is 0 Å². The van der Waals surface area contributed by atoms with Gasteiger partial charge in [0.05, 0.1) is 10.6 Å². The molecule has 7 heteroatoms. The summed E-state index contributed by atoms with van der Waals surface area (Å²) >= 11 is 6.09. The van der Waals surface area contributed by atoms with Gasteiger partial charge >= 0.3 is 0 Å². The van der Waals surface area contributed by atoms with Crippen LogP contribution in [-0.4, -0.2) is 53.4 Å². The smallest absolute Gasteiger partial charge is 0.266 e. The fourth-order valence-corrected chi connectivity index (χ4v) is 2.34. The number of likely N-dealkylation sites (N-methyl/N-ethyl adjacent to an activating group) is 1. The summed E-state index contributed by atoms with van der Waals surface area (Å²) in [4.78, 5) is 8.69. The first-order valence-corrected chi connectivity index (χ1v) is 6.77. The third kappa shape index (κ3) is 2.57. The normalized spacial score (nSPS) is 16.6. The van der Waals surface area contributed by atoms with Gasteiger partial charge in [0.15, 0.2) is 0 Å². The summed E-state index contributed by atoms with van der Waals surface area (Å²) in [6.45, 7) is 3.67. The van der Waals surface area contributed by atoms with Crippen LogP contribution in [0.25, 0.3) is 11.5 Å². The van der Waals surface area contributed by atoms with Crippen molar-refractivity contribution < 1.29 is 9.63 Å². The zero-order valence-electron chi connectivity index (χ0n) is 11.1. The number of aromatic hydroxyl groups is 1. The lowest BCUT2D eigenvalue weighted by Crippen LogP contribution is -2.44. The number of hydrogen-bond acceptors (Lipinski definition) is 6. The van der Waals surface area contributed by atoms with E-state index < -0.39 is 0 Å². The van der Waals surface area contributed by atoms with Crippen LogP contribution >= 0.6 is 11.6 Å². The van der Waals surface area contributed by atoms with Gasteiger partial charge in [0.2, 0.25) is 0 Å². The predicted molar refractivity (Wildman–Crippen MR) is 76.1 cm³/mol. The highest BCUT2D eigenvalue weighted by Crippen LogP contribution is 2.30. The van der Waals surface area contributed by atoms with Crippen LogP contribution in [0.5, 0.6) is 5.75 Å². The molecular weight excluding hydrogens is 280 g/mol. The molecule has 0 amide bonds. The van der Waals surface area contributed by atoms with E-state index in [-0.39, 0.29) is 5.75 Å². The van der Waals surface area contributed by atoms with Crippen LogP contribution in [0, 0.1) is 0 Å². The minimum absolute atomic E-state index is 0.115. The van der Waals surface area contributed by atoms with Gasteiger partial charge in [-0.05, 0) is 30.4 Å². The molecule has 106 valence electrons. The molecule has 1 aliphatic heterocycles. The lowest BCUT2D eigenvalue weighted by molar-refractivity contribution is 0.309. The van der Waals surface area contributed by atoms with E-state index in [9.17, 15) is 5.11 Å². The average Bonchev–Trinajstić information content (AvgIpc) is 2.92. The molecule has 1 fully saturated rings. The Bertz CT molecular complexity index is 608. The summed E-state index contributed by atoms with van der Waals surface area (Å²) in [6, 6.07) is 4.64. The van der Waals surface area contributed by atoms with Gasteiger partial charge in [0.25, 0.3) is 11.8 Å². The molecule has 1 N–H and O–H groups in total. The van der Waals surface area contributed by atoms with Gasteiger partial charge in [-0.1, -0.05) is 11.6 Å². The highest BCUT2D eigenvalue weighted by molar-refractivity contribution is 6.33. The molecule has 1 aromatic carbocycles. The first-order chi connectivity index (χ1) is 9.63. The number of phenols is 1. The second kappa shape index (κ2) is 5.30. The number of benzene rings is 1. The number of aromatic nitrogens is 2. The van der Waals surface area contributed by atoms with Crippen molar-refractivity contribution in [2.24, 2.45) is 0 Å². The van der Waals surface area contributed by atoms with Crippen LogP contribution in [0.2, 0.25) is 5.02 Å². The Morgan fingerprint density at radius 1 is 1.25 bits per heavy atom. The number of phenolic OH excluding ortho intramolecular Hbond substituents is 1. The highest BCUT2D eigenvalue weighted by Gasteiger charge is 2.20. The highest BCUT2D eigenvalue weighted by atomic mass is 35.5. The van der Waals surface area contributed by atoms with Crippen molar-refractivity contribution in [2.75, 3.05) is 38.1 Å². The van der Waals surface area contributed by atoms with Crippen molar-refractivity contribution in [3.8, 4) is 17.2 Å². The van der Waals surface area contributed by atoms with E-state index in [2.05, 4.69) is 27.0 Å². The molecule has 1 saturated heterocycles. The van der Waals surface area contributed by atoms with Crippen molar-refractivity contribution >= 4 is 17.5 Å². The molecule has 6 nitrogen and oxygen atoms in total. The van der Waals surface area contributed by atoms with Gasteiger partial charge in [-0.3, -0.25) is 0 Å². The van der Waals surface area contributed by atoms with Crippen molar-refractivity contribution in [1.82, 2.24) is 15.0 Å². The van der Waals surface area contributed by atoms with Gasteiger partial charge in [-0.25, -0.2) is 0 Å². The van der Waals surface area contributed by atoms with E-state index in [1.165, 1.54) is 12.1 Å². The largest absolute Gasteiger partial charge is 0.508 e. The molecule has 0 bridgehead atoms. The zero-order valence-corrected chi connectivity index (χ0v) is 11.8. The zero-order chi connectivity index (χ0) is 14.1. The van der Waals surface area contributed by atoms with E-state index in [1.54, 1.807) is 6.07 Å². The molecule has 0 radical (unpaired) electrons. The lowest BCUT2D eigenvalue weighted by atomic mass is 10.2. The summed E-state index contributed by atoms with van der Waals surface area (Å²) in [7, 11) is 2.09. The Morgan fingerprint density at radius 2 is 2.00 bits per heavy atom. The Balaban J connectivity index is 1.85. The fourth-order valence-electron chi connectivity index (χ4n) is 2.14. The molecule has 1 aromatic heterocycles. The van der Waals surface area contributed by atoms with Crippen LogP contribution < -0.4 is 4.90 Å². The van der Waals surface area contributed by atoms with E-state index >= 15 is 0 Å². The minimum atomic E-state index is 0.115. The Kier molecular flexibility index (Phi) is 3.50. The van der Waals surface area contributed by atoms with Crippen LogP contribution in [0.15, 0.2) is 22.7 Å². The lowest BCUT2D eigenvalue weighted by Gasteiger charge is -2.31.